The van der Waals surface area contributed by atoms with Gasteiger partial charge in [0.05, 0.1) is 14.2 Å². The molecule has 1 amide bonds. The number of carbonyl (C=O) groups excluding carboxylic acids is 1. The second kappa shape index (κ2) is 6.83. The molecule has 0 bridgehead atoms. The highest BCUT2D eigenvalue weighted by Crippen LogP contribution is 2.30. The van der Waals surface area contributed by atoms with Gasteiger partial charge in [-0.25, -0.2) is 0 Å². The Kier molecular flexibility index (Phi) is 5.41. The van der Waals surface area contributed by atoms with Gasteiger partial charge in [-0.2, -0.15) is 0 Å². The summed E-state index contributed by atoms with van der Waals surface area (Å²) >= 11 is 0. The van der Waals surface area contributed by atoms with E-state index >= 15 is 0 Å². The van der Waals surface area contributed by atoms with E-state index in [1.165, 1.54) is 0 Å². The Bertz CT molecular complexity index is 409. The molecule has 0 saturated heterocycles. The van der Waals surface area contributed by atoms with E-state index in [-0.39, 0.29) is 6.54 Å². The Morgan fingerprint density at radius 1 is 1.44 bits per heavy atom. The number of primary amides is 1. The Hall–Kier alpha value is -1.79. The average Bonchev–Trinajstić information content (AvgIpc) is 2.37. The van der Waals surface area contributed by atoms with Gasteiger partial charge in [0.2, 0.25) is 5.91 Å². The predicted octanol–water partition coefficient (Wildman–Crippen LogP) is -0.360. The lowest BCUT2D eigenvalue weighted by atomic mass is 10.2. The van der Waals surface area contributed by atoms with Crippen molar-refractivity contribution in [3.63, 3.8) is 0 Å². The van der Waals surface area contributed by atoms with Crippen molar-refractivity contribution in [2.45, 2.75) is 12.6 Å². The molecule has 0 aliphatic heterocycles. The van der Waals surface area contributed by atoms with E-state index in [0.717, 1.165) is 5.56 Å². The molecule has 18 heavy (non-hydrogen) atoms. The summed E-state index contributed by atoms with van der Waals surface area (Å²) in [5, 5.41) is 12.2. The first-order valence-electron chi connectivity index (χ1n) is 5.48. The van der Waals surface area contributed by atoms with Crippen LogP contribution in [0.25, 0.3) is 0 Å². The highest BCUT2D eigenvalue weighted by atomic mass is 16.5. The molecular weight excluding hydrogens is 236 g/mol. The van der Waals surface area contributed by atoms with Crippen LogP contribution in [0.15, 0.2) is 18.2 Å². The molecule has 1 aromatic carbocycles. The van der Waals surface area contributed by atoms with E-state index in [9.17, 15) is 9.90 Å². The Morgan fingerprint density at radius 3 is 2.72 bits per heavy atom. The van der Waals surface area contributed by atoms with Crippen molar-refractivity contribution in [2.24, 2.45) is 5.73 Å². The van der Waals surface area contributed by atoms with E-state index in [1.54, 1.807) is 20.3 Å². The van der Waals surface area contributed by atoms with Gasteiger partial charge in [0.15, 0.2) is 11.5 Å². The number of carbonyl (C=O) groups is 1. The third kappa shape index (κ3) is 3.61. The highest BCUT2D eigenvalue weighted by Gasteiger charge is 2.12. The van der Waals surface area contributed by atoms with Gasteiger partial charge in [-0.05, 0) is 6.07 Å². The zero-order valence-corrected chi connectivity index (χ0v) is 10.5. The van der Waals surface area contributed by atoms with Gasteiger partial charge in [-0.3, -0.25) is 4.79 Å². The number of methoxy groups -OCH3 is 2. The smallest absolute Gasteiger partial charge is 0.247 e. The molecule has 0 heterocycles. The van der Waals surface area contributed by atoms with Crippen LogP contribution in [0.4, 0.5) is 0 Å². The molecule has 6 heteroatoms. The van der Waals surface area contributed by atoms with Crippen molar-refractivity contribution in [3.05, 3.63) is 23.8 Å². The van der Waals surface area contributed by atoms with E-state index in [2.05, 4.69) is 5.32 Å². The molecule has 6 nitrogen and oxygen atoms in total. The van der Waals surface area contributed by atoms with Gasteiger partial charge in [0.1, 0.15) is 6.10 Å². The number of nitrogens with one attached hydrogen (secondary N) is 1. The van der Waals surface area contributed by atoms with Crippen LogP contribution < -0.4 is 20.5 Å². The van der Waals surface area contributed by atoms with Gasteiger partial charge in [-0.1, -0.05) is 12.1 Å². The fourth-order valence-electron chi connectivity index (χ4n) is 1.54. The largest absolute Gasteiger partial charge is 0.493 e. The number of aliphatic hydroxyl groups is 1. The van der Waals surface area contributed by atoms with Crippen LogP contribution >= 0.6 is 0 Å². The van der Waals surface area contributed by atoms with Crippen LogP contribution in [0.3, 0.4) is 0 Å². The van der Waals surface area contributed by atoms with E-state index in [0.29, 0.717) is 18.0 Å². The summed E-state index contributed by atoms with van der Waals surface area (Å²) in [4.78, 5) is 10.7. The van der Waals surface area contributed by atoms with Crippen molar-refractivity contribution in [2.75, 3.05) is 20.8 Å². The van der Waals surface area contributed by atoms with E-state index in [4.69, 9.17) is 15.2 Å². The van der Waals surface area contributed by atoms with E-state index in [1.807, 2.05) is 12.1 Å². The lowest BCUT2D eigenvalue weighted by molar-refractivity contribution is -0.125. The predicted molar refractivity (Wildman–Crippen MR) is 66.5 cm³/mol. The fraction of sp³-hybridized carbons (Fsp3) is 0.417. The molecule has 4 N–H and O–H groups in total. The normalized spacial score (nSPS) is 11.9. The van der Waals surface area contributed by atoms with Crippen LogP contribution in [0.2, 0.25) is 0 Å². The molecule has 0 aliphatic rings. The molecule has 1 unspecified atom stereocenters. The molecule has 1 atom stereocenters. The minimum atomic E-state index is -1.19. The second-order valence-corrected chi connectivity index (χ2v) is 3.70. The summed E-state index contributed by atoms with van der Waals surface area (Å²) < 4.78 is 10.4. The zero-order valence-electron chi connectivity index (χ0n) is 10.5. The maximum absolute atomic E-state index is 10.7. The van der Waals surface area contributed by atoms with Crippen LogP contribution in [0.1, 0.15) is 5.56 Å². The lowest BCUT2D eigenvalue weighted by Gasteiger charge is -2.13. The van der Waals surface area contributed by atoms with Crippen molar-refractivity contribution in [3.8, 4) is 11.5 Å². The van der Waals surface area contributed by atoms with Gasteiger partial charge in [0.25, 0.3) is 0 Å². The number of aliphatic hydroxyl groups excluding tert-OH is 1. The number of ether oxygens (including phenoxy) is 2. The number of benzene rings is 1. The number of hydrogen-bond donors (Lipinski definition) is 3. The lowest BCUT2D eigenvalue weighted by Crippen LogP contribution is -2.37. The van der Waals surface area contributed by atoms with Crippen molar-refractivity contribution >= 4 is 5.91 Å². The summed E-state index contributed by atoms with van der Waals surface area (Å²) in [6, 6.07) is 5.49. The van der Waals surface area contributed by atoms with Gasteiger partial charge in [0, 0.05) is 18.7 Å². The molecule has 1 aromatic rings. The first kappa shape index (κ1) is 14.3. The quantitative estimate of drug-likeness (QED) is 0.618. The molecule has 0 spiro atoms. The second-order valence-electron chi connectivity index (χ2n) is 3.70. The third-order valence-electron chi connectivity index (χ3n) is 2.47. The summed E-state index contributed by atoms with van der Waals surface area (Å²) in [6.07, 6.45) is -1.19. The summed E-state index contributed by atoms with van der Waals surface area (Å²) in [7, 11) is 3.12. The molecule has 0 radical (unpaired) electrons. The molecule has 0 saturated carbocycles. The van der Waals surface area contributed by atoms with E-state index < -0.39 is 12.0 Å². The van der Waals surface area contributed by atoms with Crippen LogP contribution in [0.5, 0.6) is 11.5 Å². The first-order chi connectivity index (χ1) is 8.60. The monoisotopic (exact) mass is 254 g/mol. The number of nitrogens with two attached hydrogens (primary N) is 1. The molecule has 1 rings (SSSR count). The van der Waals surface area contributed by atoms with Crippen molar-refractivity contribution < 1.29 is 19.4 Å². The first-order valence-corrected chi connectivity index (χ1v) is 5.48. The highest BCUT2D eigenvalue weighted by molar-refractivity contribution is 5.78. The zero-order chi connectivity index (χ0) is 13.5. The van der Waals surface area contributed by atoms with Gasteiger partial charge in [-0.15, -0.1) is 0 Å². The van der Waals surface area contributed by atoms with Crippen LogP contribution in [-0.2, 0) is 11.3 Å². The fourth-order valence-corrected chi connectivity index (χ4v) is 1.54. The minimum absolute atomic E-state index is 0.0930. The van der Waals surface area contributed by atoms with Crippen molar-refractivity contribution in [1.29, 1.82) is 0 Å². The van der Waals surface area contributed by atoms with Crippen LogP contribution in [-0.4, -0.2) is 37.9 Å². The molecule has 0 aromatic heterocycles. The standard InChI is InChI=1S/C12H18N2O4/c1-17-10-5-3-4-8(11(10)18-2)6-14-7-9(15)12(13)16/h3-5,9,14-15H,6-7H2,1-2H3,(H2,13,16). The molecule has 0 aliphatic carbocycles. The van der Waals surface area contributed by atoms with Gasteiger partial charge >= 0.3 is 0 Å². The maximum atomic E-state index is 10.7. The SMILES string of the molecule is COc1cccc(CNCC(O)C(N)=O)c1OC. The van der Waals surface area contributed by atoms with Crippen LogP contribution in [0, 0.1) is 0 Å². The number of hydrogen-bond acceptors (Lipinski definition) is 5. The number of amides is 1. The topological polar surface area (TPSA) is 93.8 Å². The molecule has 0 fully saturated rings. The minimum Gasteiger partial charge on any atom is -0.493 e. The Balaban J connectivity index is 2.64. The number of rotatable bonds is 7. The number of para-hydroxylation sites is 1. The Labute approximate surface area is 106 Å². The summed E-state index contributed by atoms with van der Waals surface area (Å²) in [6.45, 7) is 0.528. The maximum Gasteiger partial charge on any atom is 0.247 e. The molecular formula is C12H18N2O4. The average molecular weight is 254 g/mol. The van der Waals surface area contributed by atoms with Crippen molar-refractivity contribution in [1.82, 2.24) is 5.32 Å². The van der Waals surface area contributed by atoms with Gasteiger partial charge < -0.3 is 25.6 Å². The molecule has 100 valence electrons. The summed E-state index contributed by atoms with van der Waals surface area (Å²) in [5.41, 5.74) is 5.81. The third-order valence-corrected chi connectivity index (χ3v) is 2.47. The Morgan fingerprint density at radius 2 is 2.17 bits per heavy atom. The summed E-state index contributed by atoms with van der Waals surface area (Å²) in [5.74, 6) is 0.508.